The second-order valence-corrected chi connectivity index (χ2v) is 6.60. The summed E-state index contributed by atoms with van der Waals surface area (Å²) in [6.07, 6.45) is 7.35. The predicted molar refractivity (Wildman–Crippen MR) is 85.9 cm³/mol. The molecular weight excluding hydrogens is 268 g/mol. The molecule has 0 radical (unpaired) electrons. The maximum Gasteiger partial charge on any atom is 0.230 e. The first-order valence-corrected chi connectivity index (χ1v) is 8.42. The summed E-state index contributed by atoms with van der Waals surface area (Å²) in [5, 5.41) is 3.16. The number of rotatable bonds is 4. The Kier molecular flexibility index (Phi) is 5.77. The van der Waals surface area contributed by atoms with E-state index in [1.165, 1.54) is 37.4 Å². The summed E-state index contributed by atoms with van der Waals surface area (Å²) >= 11 is 1.52. The van der Waals surface area contributed by atoms with Crippen molar-refractivity contribution < 1.29 is 4.79 Å². The highest BCUT2D eigenvalue weighted by Gasteiger charge is 2.14. The normalized spacial score (nSPS) is 16.6. The first-order chi connectivity index (χ1) is 9.65. The van der Waals surface area contributed by atoms with Gasteiger partial charge in [0.2, 0.25) is 5.91 Å². The lowest BCUT2D eigenvalue weighted by Crippen LogP contribution is -2.35. The van der Waals surface area contributed by atoms with E-state index in [1.54, 1.807) is 0 Å². The Morgan fingerprint density at radius 1 is 1.30 bits per heavy atom. The van der Waals surface area contributed by atoms with Crippen LogP contribution in [0.3, 0.4) is 0 Å². The van der Waals surface area contributed by atoms with Gasteiger partial charge in [0, 0.05) is 16.6 Å². The summed E-state index contributed by atoms with van der Waals surface area (Å²) in [6, 6.07) is 6.35. The highest BCUT2D eigenvalue weighted by Crippen LogP contribution is 2.25. The van der Waals surface area contributed by atoms with E-state index in [0.717, 1.165) is 29.0 Å². The van der Waals surface area contributed by atoms with E-state index in [9.17, 15) is 4.79 Å². The van der Waals surface area contributed by atoms with E-state index in [0.29, 0.717) is 11.8 Å². The molecule has 1 aromatic carbocycles. The highest BCUT2D eigenvalue weighted by molar-refractivity contribution is 8.00. The number of carbonyl (C=O) groups excluding carboxylic acids is 1. The maximum atomic E-state index is 12.0. The third-order valence-corrected chi connectivity index (χ3v) is 4.83. The molecule has 2 rings (SSSR count). The number of benzene rings is 1. The largest absolute Gasteiger partial charge is 0.398 e. The van der Waals surface area contributed by atoms with Gasteiger partial charge < -0.3 is 11.1 Å². The van der Waals surface area contributed by atoms with E-state index in [2.05, 4.69) is 5.32 Å². The molecule has 1 aliphatic rings. The van der Waals surface area contributed by atoms with Crippen LogP contribution in [0, 0.1) is 6.92 Å². The second-order valence-electron chi connectivity index (χ2n) is 5.59. The van der Waals surface area contributed by atoms with Crippen LogP contribution in [-0.4, -0.2) is 17.7 Å². The lowest BCUT2D eigenvalue weighted by Gasteiger charge is -2.16. The van der Waals surface area contributed by atoms with Crippen molar-refractivity contribution in [3.05, 3.63) is 23.8 Å². The lowest BCUT2D eigenvalue weighted by molar-refractivity contribution is -0.119. The van der Waals surface area contributed by atoms with E-state index in [-0.39, 0.29) is 5.91 Å². The summed E-state index contributed by atoms with van der Waals surface area (Å²) in [4.78, 5) is 13.0. The minimum absolute atomic E-state index is 0.127. The first kappa shape index (κ1) is 15.2. The van der Waals surface area contributed by atoms with Gasteiger partial charge in [-0.3, -0.25) is 4.79 Å². The van der Waals surface area contributed by atoms with Crippen molar-refractivity contribution in [2.24, 2.45) is 0 Å². The summed E-state index contributed by atoms with van der Waals surface area (Å²) < 4.78 is 0. The smallest absolute Gasteiger partial charge is 0.230 e. The van der Waals surface area contributed by atoms with Crippen LogP contribution in [0.1, 0.15) is 44.1 Å². The molecule has 1 amide bonds. The monoisotopic (exact) mass is 292 g/mol. The number of hydrogen-bond acceptors (Lipinski definition) is 3. The molecule has 1 saturated carbocycles. The molecule has 0 atom stereocenters. The summed E-state index contributed by atoms with van der Waals surface area (Å²) in [7, 11) is 0. The molecule has 4 heteroatoms. The lowest BCUT2D eigenvalue weighted by atomic mass is 10.1. The standard InChI is InChI=1S/C16H24N2OS/c1-12-8-9-15(14(17)10-12)20-11-16(19)18-13-6-4-2-3-5-7-13/h8-10,13H,2-7,11,17H2,1H3,(H,18,19). The number of aryl methyl sites for hydroxylation is 1. The Morgan fingerprint density at radius 2 is 2.00 bits per heavy atom. The van der Waals surface area contributed by atoms with Crippen molar-refractivity contribution in [3.8, 4) is 0 Å². The van der Waals surface area contributed by atoms with Gasteiger partial charge in [-0.15, -0.1) is 11.8 Å². The number of thioether (sulfide) groups is 1. The molecule has 3 N–H and O–H groups in total. The predicted octanol–water partition coefficient (Wildman–Crippen LogP) is 3.51. The van der Waals surface area contributed by atoms with E-state index in [1.807, 2.05) is 25.1 Å². The molecule has 1 fully saturated rings. The van der Waals surface area contributed by atoms with Crippen LogP contribution in [0.2, 0.25) is 0 Å². The van der Waals surface area contributed by atoms with Crippen LogP contribution < -0.4 is 11.1 Å². The van der Waals surface area contributed by atoms with Gasteiger partial charge in [0.1, 0.15) is 0 Å². The molecule has 3 nitrogen and oxygen atoms in total. The third-order valence-electron chi connectivity index (χ3n) is 3.74. The van der Waals surface area contributed by atoms with E-state index < -0.39 is 0 Å². The topological polar surface area (TPSA) is 55.1 Å². The number of nitrogens with one attached hydrogen (secondary N) is 1. The molecule has 20 heavy (non-hydrogen) atoms. The Labute approximate surface area is 125 Å². The molecule has 0 bridgehead atoms. The zero-order valence-electron chi connectivity index (χ0n) is 12.2. The van der Waals surface area contributed by atoms with Crippen molar-refractivity contribution >= 4 is 23.4 Å². The Bertz CT molecular complexity index is 454. The Morgan fingerprint density at radius 3 is 2.65 bits per heavy atom. The van der Waals surface area contributed by atoms with E-state index >= 15 is 0 Å². The summed E-state index contributed by atoms with van der Waals surface area (Å²) in [5.41, 5.74) is 7.87. The van der Waals surface area contributed by atoms with Crippen LogP contribution >= 0.6 is 11.8 Å². The van der Waals surface area contributed by atoms with Crippen LogP contribution in [0.15, 0.2) is 23.1 Å². The minimum Gasteiger partial charge on any atom is -0.398 e. The summed E-state index contributed by atoms with van der Waals surface area (Å²) in [6.45, 7) is 2.02. The fourth-order valence-corrected chi connectivity index (χ4v) is 3.40. The van der Waals surface area contributed by atoms with Crippen molar-refractivity contribution in [1.82, 2.24) is 5.32 Å². The molecule has 0 saturated heterocycles. The fourth-order valence-electron chi connectivity index (χ4n) is 2.64. The first-order valence-electron chi connectivity index (χ1n) is 7.43. The van der Waals surface area contributed by atoms with Crippen LogP contribution in [0.5, 0.6) is 0 Å². The SMILES string of the molecule is Cc1ccc(SCC(=O)NC2CCCCCC2)c(N)c1. The summed E-state index contributed by atoms with van der Waals surface area (Å²) in [5.74, 6) is 0.575. The molecule has 0 aromatic heterocycles. The molecule has 110 valence electrons. The molecule has 0 aliphatic heterocycles. The highest BCUT2D eigenvalue weighted by atomic mass is 32.2. The quantitative estimate of drug-likeness (QED) is 0.507. The van der Waals surface area contributed by atoms with Gasteiger partial charge in [0.15, 0.2) is 0 Å². The Hall–Kier alpha value is -1.16. The number of nitrogens with two attached hydrogens (primary N) is 1. The van der Waals surface area contributed by atoms with E-state index in [4.69, 9.17) is 5.73 Å². The average Bonchev–Trinajstić information content (AvgIpc) is 2.66. The number of nitrogen functional groups attached to an aromatic ring is 1. The van der Waals surface area contributed by atoms with Crippen molar-refractivity contribution in [2.75, 3.05) is 11.5 Å². The fraction of sp³-hybridized carbons (Fsp3) is 0.562. The van der Waals surface area contributed by atoms with Crippen molar-refractivity contribution in [1.29, 1.82) is 0 Å². The van der Waals surface area contributed by atoms with Crippen LogP contribution in [0.25, 0.3) is 0 Å². The minimum atomic E-state index is 0.127. The molecule has 0 heterocycles. The maximum absolute atomic E-state index is 12.0. The molecule has 1 aliphatic carbocycles. The van der Waals surface area contributed by atoms with Gasteiger partial charge in [-0.25, -0.2) is 0 Å². The Balaban J connectivity index is 1.79. The van der Waals surface area contributed by atoms with Gasteiger partial charge in [0.05, 0.1) is 5.75 Å². The zero-order valence-corrected chi connectivity index (χ0v) is 13.0. The molecular formula is C16H24N2OS. The van der Waals surface area contributed by atoms with Crippen molar-refractivity contribution in [2.45, 2.75) is 56.4 Å². The average molecular weight is 292 g/mol. The molecule has 1 aromatic rings. The van der Waals surface area contributed by atoms with Gasteiger partial charge in [-0.2, -0.15) is 0 Å². The van der Waals surface area contributed by atoms with Crippen LogP contribution in [0.4, 0.5) is 5.69 Å². The van der Waals surface area contributed by atoms with Gasteiger partial charge in [-0.1, -0.05) is 31.7 Å². The molecule has 0 spiro atoms. The van der Waals surface area contributed by atoms with Gasteiger partial charge in [-0.05, 0) is 37.5 Å². The van der Waals surface area contributed by atoms with Crippen molar-refractivity contribution in [3.63, 3.8) is 0 Å². The third kappa shape index (κ3) is 4.75. The zero-order chi connectivity index (χ0) is 14.4. The number of carbonyl (C=O) groups is 1. The number of anilines is 1. The van der Waals surface area contributed by atoms with Gasteiger partial charge >= 0.3 is 0 Å². The molecule has 0 unspecified atom stereocenters. The number of amides is 1. The second kappa shape index (κ2) is 7.58. The number of hydrogen-bond donors (Lipinski definition) is 2. The van der Waals surface area contributed by atoms with Gasteiger partial charge in [0.25, 0.3) is 0 Å². The van der Waals surface area contributed by atoms with Crippen LogP contribution in [-0.2, 0) is 4.79 Å².